The number of aromatic hydroxyl groups is 1. The molecule has 6 nitrogen and oxygen atoms in total. The first-order valence-corrected chi connectivity index (χ1v) is 9.02. The van der Waals surface area contributed by atoms with Crippen molar-refractivity contribution in [2.45, 2.75) is 19.1 Å². The lowest BCUT2D eigenvalue weighted by atomic mass is 10.0. The minimum absolute atomic E-state index is 0.166. The lowest BCUT2D eigenvalue weighted by Gasteiger charge is -2.22. The molecule has 140 valence electrons. The van der Waals surface area contributed by atoms with E-state index in [4.69, 9.17) is 0 Å². The van der Waals surface area contributed by atoms with Crippen LogP contribution >= 0.6 is 0 Å². The van der Waals surface area contributed by atoms with Crippen molar-refractivity contribution in [2.75, 3.05) is 5.32 Å². The summed E-state index contributed by atoms with van der Waals surface area (Å²) in [6.45, 7) is 1.89. The maximum absolute atomic E-state index is 10.7. The molecule has 0 aliphatic heterocycles. The highest BCUT2D eigenvalue weighted by molar-refractivity contribution is 5.90. The molecule has 3 N–H and O–H groups in total. The zero-order chi connectivity index (χ0) is 19.5. The van der Waals surface area contributed by atoms with Crippen molar-refractivity contribution < 1.29 is 10.2 Å². The van der Waals surface area contributed by atoms with Crippen molar-refractivity contribution in [3.63, 3.8) is 0 Å². The first-order chi connectivity index (χ1) is 13.6. The Morgan fingerprint density at radius 3 is 2.46 bits per heavy atom. The highest BCUT2D eigenvalue weighted by Crippen LogP contribution is 2.27. The number of hydrogen-bond acceptors (Lipinski definition) is 6. The summed E-state index contributed by atoms with van der Waals surface area (Å²) in [7, 11) is 0. The van der Waals surface area contributed by atoms with Crippen LogP contribution in [0.4, 0.5) is 5.82 Å². The van der Waals surface area contributed by atoms with Gasteiger partial charge in [0.15, 0.2) is 5.82 Å². The molecular weight excluding hydrogens is 352 g/mol. The topological polar surface area (TPSA) is 91.2 Å². The number of benzene rings is 2. The summed E-state index contributed by atoms with van der Waals surface area (Å²) < 4.78 is 0. The predicted molar refractivity (Wildman–Crippen MR) is 109 cm³/mol. The van der Waals surface area contributed by atoms with Crippen LogP contribution in [0.1, 0.15) is 18.6 Å². The molecule has 0 spiro atoms. The molecule has 4 aromatic rings. The molecule has 2 atom stereocenters. The molecule has 0 aliphatic carbocycles. The number of aromatic nitrogens is 3. The normalized spacial score (nSPS) is 13.2. The van der Waals surface area contributed by atoms with Gasteiger partial charge in [-0.2, -0.15) is 0 Å². The Morgan fingerprint density at radius 1 is 0.929 bits per heavy atom. The SMILES string of the molecule is C[C@@H](Nc1nc(-c2cccnc2)nc2ccccc12)[C@@H](O)c1ccc(O)cc1. The van der Waals surface area contributed by atoms with Gasteiger partial charge in [-0.15, -0.1) is 0 Å². The molecule has 0 saturated carbocycles. The van der Waals surface area contributed by atoms with E-state index in [0.717, 1.165) is 16.5 Å². The molecule has 0 aliphatic rings. The van der Waals surface area contributed by atoms with E-state index in [1.807, 2.05) is 43.3 Å². The molecule has 0 amide bonds. The van der Waals surface area contributed by atoms with E-state index in [-0.39, 0.29) is 11.8 Å². The van der Waals surface area contributed by atoms with Crippen LogP contribution in [0.2, 0.25) is 0 Å². The third-order valence-electron chi connectivity index (χ3n) is 4.60. The number of anilines is 1. The molecule has 2 aromatic heterocycles. The Labute approximate surface area is 162 Å². The highest BCUT2D eigenvalue weighted by Gasteiger charge is 2.19. The van der Waals surface area contributed by atoms with E-state index >= 15 is 0 Å². The fourth-order valence-corrected chi connectivity index (χ4v) is 3.07. The Balaban J connectivity index is 1.70. The zero-order valence-corrected chi connectivity index (χ0v) is 15.3. The van der Waals surface area contributed by atoms with Crippen molar-refractivity contribution in [3.05, 3.63) is 78.6 Å². The zero-order valence-electron chi connectivity index (χ0n) is 15.3. The minimum atomic E-state index is -0.767. The first kappa shape index (κ1) is 17.9. The lowest BCUT2D eigenvalue weighted by Crippen LogP contribution is -2.25. The van der Waals surface area contributed by atoms with Gasteiger partial charge in [0.2, 0.25) is 0 Å². The molecule has 0 unspecified atom stereocenters. The van der Waals surface area contributed by atoms with Crippen molar-refractivity contribution >= 4 is 16.7 Å². The van der Waals surface area contributed by atoms with Crippen LogP contribution in [0, 0.1) is 0 Å². The van der Waals surface area contributed by atoms with Crippen LogP contribution in [0.3, 0.4) is 0 Å². The maximum atomic E-state index is 10.7. The standard InChI is InChI=1S/C22H20N4O2/c1-14(20(28)15-8-10-17(27)11-9-15)24-22-18-6-2-3-7-19(18)25-21(26-22)16-5-4-12-23-13-16/h2-14,20,27-28H,1H3,(H,24,25,26)/t14-,20-/m1/s1. The first-order valence-electron chi connectivity index (χ1n) is 9.02. The Hall–Kier alpha value is -3.51. The second kappa shape index (κ2) is 7.62. The third kappa shape index (κ3) is 3.63. The number of nitrogens with zero attached hydrogens (tertiary/aromatic N) is 3. The second-order valence-electron chi connectivity index (χ2n) is 6.62. The van der Waals surface area contributed by atoms with Gasteiger partial charge in [0.25, 0.3) is 0 Å². The van der Waals surface area contributed by atoms with E-state index < -0.39 is 6.10 Å². The summed E-state index contributed by atoms with van der Waals surface area (Å²) in [5.41, 5.74) is 2.34. The van der Waals surface area contributed by atoms with E-state index in [1.54, 1.807) is 36.7 Å². The quantitative estimate of drug-likeness (QED) is 0.492. The van der Waals surface area contributed by atoms with E-state index in [0.29, 0.717) is 17.2 Å². The number of aliphatic hydroxyl groups is 1. The monoisotopic (exact) mass is 372 g/mol. The smallest absolute Gasteiger partial charge is 0.163 e. The van der Waals surface area contributed by atoms with Crippen molar-refractivity contribution in [1.82, 2.24) is 15.0 Å². The molecule has 6 heteroatoms. The van der Waals surface area contributed by atoms with Crippen LogP contribution in [-0.2, 0) is 0 Å². The van der Waals surface area contributed by atoms with Crippen LogP contribution in [0.15, 0.2) is 73.1 Å². The molecule has 0 saturated heterocycles. The summed E-state index contributed by atoms with van der Waals surface area (Å²) in [4.78, 5) is 13.5. The van der Waals surface area contributed by atoms with Gasteiger partial charge in [0, 0.05) is 23.3 Å². The Morgan fingerprint density at radius 2 is 1.71 bits per heavy atom. The number of para-hydroxylation sites is 1. The van der Waals surface area contributed by atoms with Crippen LogP contribution in [-0.4, -0.2) is 31.2 Å². The van der Waals surface area contributed by atoms with Gasteiger partial charge < -0.3 is 15.5 Å². The summed E-state index contributed by atoms with van der Waals surface area (Å²) in [6.07, 6.45) is 2.67. The Bertz CT molecular complexity index is 1080. The second-order valence-corrected chi connectivity index (χ2v) is 6.62. The molecule has 0 radical (unpaired) electrons. The summed E-state index contributed by atoms with van der Waals surface area (Å²) >= 11 is 0. The number of phenols is 1. The largest absolute Gasteiger partial charge is 0.508 e. The summed E-state index contributed by atoms with van der Waals surface area (Å²) in [6, 6.07) is 17.7. The average molecular weight is 372 g/mol. The van der Waals surface area contributed by atoms with Crippen LogP contribution < -0.4 is 5.32 Å². The van der Waals surface area contributed by atoms with E-state index in [1.165, 1.54) is 0 Å². The molecule has 4 rings (SSSR count). The Kier molecular flexibility index (Phi) is 4.87. The van der Waals surface area contributed by atoms with Gasteiger partial charge in [-0.1, -0.05) is 24.3 Å². The number of phenolic OH excluding ortho intramolecular Hbond substituents is 1. The average Bonchev–Trinajstić information content (AvgIpc) is 2.74. The van der Waals surface area contributed by atoms with E-state index in [2.05, 4.69) is 20.3 Å². The molecule has 0 bridgehead atoms. The minimum Gasteiger partial charge on any atom is -0.508 e. The molecular formula is C22H20N4O2. The number of nitrogens with one attached hydrogen (secondary N) is 1. The summed E-state index contributed by atoms with van der Waals surface area (Å²) in [5.74, 6) is 1.38. The fourth-order valence-electron chi connectivity index (χ4n) is 3.07. The van der Waals surface area contributed by atoms with Gasteiger partial charge in [0.05, 0.1) is 17.7 Å². The van der Waals surface area contributed by atoms with Crippen molar-refractivity contribution in [2.24, 2.45) is 0 Å². The van der Waals surface area contributed by atoms with Gasteiger partial charge in [-0.05, 0) is 48.9 Å². The number of pyridine rings is 1. The van der Waals surface area contributed by atoms with Crippen molar-refractivity contribution in [1.29, 1.82) is 0 Å². The van der Waals surface area contributed by atoms with Gasteiger partial charge in [-0.25, -0.2) is 9.97 Å². The van der Waals surface area contributed by atoms with Crippen LogP contribution in [0.5, 0.6) is 5.75 Å². The molecule has 0 fully saturated rings. The number of rotatable bonds is 5. The van der Waals surface area contributed by atoms with Gasteiger partial charge >= 0.3 is 0 Å². The number of aliphatic hydroxyl groups excluding tert-OH is 1. The predicted octanol–water partition coefficient (Wildman–Crippen LogP) is 3.93. The van der Waals surface area contributed by atoms with Gasteiger partial charge in [0.1, 0.15) is 11.6 Å². The number of hydrogen-bond donors (Lipinski definition) is 3. The lowest BCUT2D eigenvalue weighted by molar-refractivity contribution is 0.160. The molecule has 2 heterocycles. The summed E-state index contributed by atoms with van der Waals surface area (Å²) in [5, 5.41) is 24.4. The fraction of sp³-hybridized carbons (Fsp3) is 0.136. The van der Waals surface area contributed by atoms with Gasteiger partial charge in [-0.3, -0.25) is 4.98 Å². The number of fused-ring (bicyclic) bond motifs is 1. The van der Waals surface area contributed by atoms with Crippen LogP contribution in [0.25, 0.3) is 22.3 Å². The van der Waals surface area contributed by atoms with Crippen molar-refractivity contribution in [3.8, 4) is 17.1 Å². The molecule has 28 heavy (non-hydrogen) atoms. The maximum Gasteiger partial charge on any atom is 0.163 e. The van der Waals surface area contributed by atoms with E-state index in [9.17, 15) is 10.2 Å². The highest BCUT2D eigenvalue weighted by atomic mass is 16.3. The third-order valence-corrected chi connectivity index (χ3v) is 4.60. The molecule has 2 aromatic carbocycles.